The molecule has 0 saturated carbocycles. The van der Waals surface area contributed by atoms with Gasteiger partial charge in [-0.15, -0.1) is 0 Å². The third kappa shape index (κ3) is 4.31. The van der Waals surface area contributed by atoms with Crippen molar-refractivity contribution in [3.05, 3.63) is 10.6 Å². The third-order valence-electron chi connectivity index (χ3n) is 1.92. The van der Waals surface area contributed by atoms with E-state index in [0.717, 1.165) is 11.3 Å². The molecule has 1 rings (SSSR count). The van der Waals surface area contributed by atoms with Crippen LogP contribution in [0.1, 0.15) is 15.4 Å². The van der Waals surface area contributed by atoms with E-state index in [2.05, 4.69) is 15.0 Å². The van der Waals surface area contributed by atoms with Crippen LogP contribution in [0.15, 0.2) is 0 Å². The molecule has 0 aliphatic carbocycles. The van der Waals surface area contributed by atoms with Crippen molar-refractivity contribution >= 4 is 32.3 Å². The number of hydrogen-bond donors (Lipinski definition) is 1. The summed E-state index contributed by atoms with van der Waals surface area (Å²) in [7, 11) is -1.69. The molecule has 6 nitrogen and oxygen atoms in total. The van der Waals surface area contributed by atoms with Crippen LogP contribution >= 0.6 is 11.3 Å². The summed E-state index contributed by atoms with van der Waals surface area (Å²) in [6.07, 6.45) is 1.17. The second-order valence-corrected chi connectivity index (χ2v) is 6.74. The van der Waals surface area contributed by atoms with Gasteiger partial charge in [-0.1, -0.05) is 11.3 Å². The van der Waals surface area contributed by atoms with Crippen LogP contribution in [-0.4, -0.2) is 45.0 Å². The number of anilines is 1. The van der Waals surface area contributed by atoms with Crippen LogP contribution < -0.4 is 5.32 Å². The number of rotatable bonds is 5. The number of sulfone groups is 1. The van der Waals surface area contributed by atoms with Gasteiger partial charge in [0.1, 0.15) is 14.7 Å². The molecule has 0 fully saturated rings. The number of carbonyl (C=O) groups is 1. The van der Waals surface area contributed by atoms with Crippen molar-refractivity contribution in [3.8, 4) is 0 Å². The van der Waals surface area contributed by atoms with Crippen molar-refractivity contribution in [1.29, 1.82) is 0 Å². The van der Waals surface area contributed by atoms with E-state index in [1.165, 1.54) is 13.4 Å². The first-order valence-electron chi connectivity index (χ1n) is 4.81. The van der Waals surface area contributed by atoms with E-state index in [4.69, 9.17) is 0 Å². The highest BCUT2D eigenvalue weighted by Gasteiger charge is 2.15. The van der Waals surface area contributed by atoms with Crippen molar-refractivity contribution in [1.82, 2.24) is 4.98 Å². The summed E-state index contributed by atoms with van der Waals surface area (Å²) in [5, 5.41) is 3.38. The number of aromatic nitrogens is 1. The molecule has 0 aliphatic rings. The van der Waals surface area contributed by atoms with Gasteiger partial charge in [0.15, 0.2) is 5.13 Å². The molecule has 8 heteroatoms. The monoisotopic (exact) mass is 278 g/mol. The number of thiazole rings is 1. The molecule has 1 heterocycles. The Kier molecular flexibility index (Phi) is 4.47. The summed E-state index contributed by atoms with van der Waals surface area (Å²) in [6, 6.07) is 0. The van der Waals surface area contributed by atoms with Crippen LogP contribution in [0.4, 0.5) is 5.13 Å². The van der Waals surface area contributed by atoms with E-state index in [1.807, 2.05) is 0 Å². The van der Waals surface area contributed by atoms with Crippen LogP contribution in [0.3, 0.4) is 0 Å². The lowest BCUT2D eigenvalue weighted by Crippen LogP contribution is -2.13. The predicted octanol–water partition coefficient (Wildman–Crippen LogP) is 0.695. The Labute approximate surface area is 104 Å². The molecule has 0 aliphatic heterocycles. The van der Waals surface area contributed by atoms with E-state index in [1.54, 1.807) is 6.92 Å². The van der Waals surface area contributed by atoms with Gasteiger partial charge in [0.25, 0.3) is 0 Å². The number of nitrogens with zero attached hydrogens (tertiary/aromatic N) is 1. The maximum atomic E-state index is 11.3. The van der Waals surface area contributed by atoms with Gasteiger partial charge in [-0.3, -0.25) is 0 Å². The van der Waals surface area contributed by atoms with E-state index in [-0.39, 0.29) is 12.3 Å². The molecular weight excluding hydrogens is 264 g/mol. The van der Waals surface area contributed by atoms with Gasteiger partial charge in [-0.25, -0.2) is 18.2 Å². The van der Waals surface area contributed by atoms with E-state index in [0.29, 0.717) is 15.7 Å². The van der Waals surface area contributed by atoms with Gasteiger partial charge in [0.05, 0.1) is 18.6 Å². The molecule has 0 amide bonds. The first-order valence-corrected chi connectivity index (χ1v) is 7.68. The number of ether oxygens (including phenoxy) is 1. The van der Waals surface area contributed by atoms with Crippen LogP contribution in [-0.2, 0) is 14.6 Å². The Morgan fingerprint density at radius 3 is 2.71 bits per heavy atom. The largest absolute Gasteiger partial charge is 0.465 e. The molecule has 0 atom stereocenters. The van der Waals surface area contributed by atoms with Crippen LogP contribution in [0.2, 0.25) is 0 Å². The summed E-state index contributed by atoms with van der Waals surface area (Å²) in [6.45, 7) is 1.97. The van der Waals surface area contributed by atoms with Gasteiger partial charge in [-0.05, 0) is 6.92 Å². The summed E-state index contributed by atoms with van der Waals surface area (Å²) < 4.78 is 26.4. The SMILES string of the molecule is COC(=O)c1sc(NCCS(C)(=O)=O)nc1C. The molecule has 17 heavy (non-hydrogen) atoms. The van der Waals surface area contributed by atoms with Gasteiger partial charge >= 0.3 is 5.97 Å². The van der Waals surface area contributed by atoms with Gasteiger partial charge in [0, 0.05) is 12.8 Å². The average Bonchev–Trinajstić information content (AvgIpc) is 2.57. The van der Waals surface area contributed by atoms with Crippen molar-refractivity contribution in [2.24, 2.45) is 0 Å². The molecule has 0 spiro atoms. The lowest BCUT2D eigenvalue weighted by Gasteiger charge is -1.99. The predicted molar refractivity (Wildman–Crippen MR) is 66.4 cm³/mol. The zero-order chi connectivity index (χ0) is 13.1. The number of carbonyl (C=O) groups excluding carboxylic acids is 1. The van der Waals surface area contributed by atoms with Crippen LogP contribution in [0, 0.1) is 6.92 Å². The Morgan fingerprint density at radius 2 is 2.18 bits per heavy atom. The molecule has 1 aromatic heterocycles. The molecule has 0 unspecified atom stereocenters. The summed E-state index contributed by atoms with van der Waals surface area (Å²) in [5.41, 5.74) is 0.573. The van der Waals surface area contributed by atoms with Gasteiger partial charge in [0.2, 0.25) is 0 Å². The van der Waals surface area contributed by atoms with Crippen molar-refractivity contribution in [2.75, 3.05) is 31.0 Å². The normalized spacial score (nSPS) is 11.2. The third-order valence-corrected chi connectivity index (χ3v) is 3.96. The summed E-state index contributed by atoms with van der Waals surface area (Å²) in [4.78, 5) is 15.8. The Bertz CT molecular complexity index is 507. The van der Waals surface area contributed by atoms with Crippen LogP contribution in [0.5, 0.6) is 0 Å². The lowest BCUT2D eigenvalue weighted by atomic mass is 10.4. The highest BCUT2D eigenvalue weighted by molar-refractivity contribution is 7.90. The highest BCUT2D eigenvalue weighted by atomic mass is 32.2. The first-order chi connectivity index (χ1) is 7.83. The Morgan fingerprint density at radius 1 is 1.53 bits per heavy atom. The molecule has 1 aromatic rings. The second kappa shape index (κ2) is 5.46. The smallest absolute Gasteiger partial charge is 0.350 e. The fourth-order valence-corrected chi connectivity index (χ4v) is 2.48. The maximum absolute atomic E-state index is 11.3. The van der Waals surface area contributed by atoms with E-state index in [9.17, 15) is 13.2 Å². The summed E-state index contributed by atoms with van der Waals surface area (Å²) in [5.74, 6) is -0.407. The number of methoxy groups -OCH3 is 1. The molecule has 0 radical (unpaired) electrons. The second-order valence-electron chi connectivity index (χ2n) is 3.48. The molecule has 1 N–H and O–H groups in total. The topological polar surface area (TPSA) is 85.4 Å². The Hall–Kier alpha value is -1.15. The first kappa shape index (κ1) is 13.9. The van der Waals surface area contributed by atoms with Crippen molar-refractivity contribution in [3.63, 3.8) is 0 Å². The number of esters is 1. The fraction of sp³-hybridized carbons (Fsp3) is 0.556. The van der Waals surface area contributed by atoms with Crippen LogP contribution in [0.25, 0.3) is 0 Å². The highest BCUT2D eigenvalue weighted by Crippen LogP contribution is 2.22. The molecule has 0 bridgehead atoms. The number of hydrogen-bond acceptors (Lipinski definition) is 7. The lowest BCUT2D eigenvalue weighted by molar-refractivity contribution is 0.0605. The molecule has 96 valence electrons. The van der Waals surface area contributed by atoms with Gasteiger partial charge < -0.3 is 10.1 Å². The quantitative estimate of drug-likeness (QED) is 0.798. The Balaban J connectivity index is 2.65. The fourth-order valence-electron chi connectivity index (χ4n) is 1.10. The molecular formula is C9H14N2O4S2. The minimum Gasteiger partial charge on any atom is -0.465 e. The maximum Gasteiger partial charge on any atom is 0.350 e. The summed E-state index contributed by atoms with van der Waals surface area (Å²) >= 11 is 1.15. The van der Waals surface area contributed by atoms with Crippen molar-refractivity contribution < 1.29 is 17.9 Å². The zero-order valence-corrected chi connectivity index (χ0v) is 11.4. The number of aryl methyl sites for hydroxylation is 1. The van der Waals surface area contributed by atoms with Crippen molar-refractivity contribution in [2.45, 2.75) is 6.92 Å². The van der Waals surface area contributed by atoms with Gasteiger partial charge in [-0.2, -0.15) is 0 Å². The average molecular weight is 278 g/mol. The molecule has 0 aromatic carbocycles. The minimum absolute atomic E-state index is 0.0270. The zero-order valence-electron chi connectivity index (χ0n) is 9.81. The van der Waals surface area contributed by atoms with E-state index >= 15 is 0 Å². The van der Waals surface area contributed by atoms with E-state index < -0.39 is 15.8 Å². The minimum atomic E-state index is -3.00. The molecule has 0 saturated heterocycles. The number of nitrogens with one attached hydrogen (secondary N) is 1. The standard InChI is InChI=1S/C9H14N2O4S2/c1-6-7(8(12)15-2)16-9(11-6)10-4-5-17(3,13)14/h4-5H2,1-3H3,(H,10,11).